The minimum absolute atomic E-state index is 0. The van der Waals surface area contributed by atoms with Crippen LogP contribution < -0.4 is 10.6 Å². The molecule has 3 rings (SSSR count). The smallest absolute Gasteiger partial charge is 0.240 e. The summed E-state index contributed by atoms with van der Waals surface area (Å²) in [6.45, 7) is 2.59. The third-order valence-corrected chi connectivity index (χ3v) is 5.27. The number of rotatable bonds is 5. The minimum atomic E-state index is -0.216. The van der Waals surface area contributed by atoms with Crippen molar-refractivity contribution in [1.29, 1.82) is 0 Å². The molecule has 1 saturated carbocycles. The molecule has 3 amide bonds. The Morgan fingerprint density at radius 2 is 1.78 bits per heavy atom. The highest BCUT2D eigenvalue weighted by Gasteiger charge is 2.48. The van der Waals surface area contributed by atoms with Crippen LogP contribution in [0.1, 0.15) is 38.5 Å². The molecule has 1 aliphatic carbocycles. The highest BCUT2D eigenvalue weighted by atomic mass is 35.5. The highest BCUT2D eigenvalue weighted by molar-refractivity contribution is 6.07. The van der Waals surface area contributed by atoms with Gasteiger partial charge in [-0.1, -0.05) is 12.8 Å². The SMILES string of the molecule is Cl.O=C(CN1C(=O)C2CCCCC2C1=O)NCCC1CCNC1. The second-order valence-corrected chi connectivity index (χ2v) is 6.76. The van der Waals surface area contributed by atoms with Crippen molar-refractivity contribution in [2.24, 2.45) is 17.8 Å². The number of likely N-dealkylation sites (tertiary alicyclic amines) is 1. The number of carbonyl (C=O) groups is 3. The lowest BCUT2D eigenvalue weighted by Gasteiger charge is -2.19. The Bertz CT molecular complexity index is 441. The third kappa shape index (κ3) is 4.04. The largest absolute Gasteiger partial charge is 0.355 e. The van der Waals surface area contributed by atoms with E-state index in [9.17, 15) is 14.4 Å². The van der Waals surface area contributed by atoms with Crippen LogP contribution in [0.25, 0.3) is 0 Å². The van der Waals surface area contributed by atoms with Crippen LogP contribution in [0, 0.1) is 17.8 Å². The van der Waals surface area contributed by atoms with Crippen molar-refractivity contribution in [3.05, 3.63) is 0 Å². The molecule has 0 aromatic heterocycles. The maximum Gasteiger partial charge on any atom is 0.240 e. The maximum atomic E-state index is 12.3. The van der Waals surface area contributed by atoms with Crippen molar-refractivity contribution in [3.8, 4) is 0 Å². The molecule has 2 saturated heterocycles. The van der Waals surface area contributed by atoms with Gasteiger partial charge in [0.2, 0.25) is 17.7 Å². The molecule has 130 valence electrons. The van der Waals surface area contributed by atoms with Crippen molar-refractivity contribution in [1.82, 2.24) is 15.5 Å². The van der Waals surface area contributed by atoms with Gasteiger partial charge in [-0.25, -0.2) is 0 Å². The topological polar surface area (TPSA) is 78.5 Å². The minimum Gasteiger partial charge on any atom is -0.355 e. The lowest BCUT2D eigenvalue weighted by Crippen LogP contribution is -2.41. The molecule has 2 N–H and O–H groups in total. The van der Waals surface area contributed by atoms with Crippen molar-refractivity contribution in [2.75, 3.05) is 26.2 Å². The van der Waals surface area contributed by atoms with Gasteiger partial charge in [-0.3, -0.25) is 19.3 Å². The number of halogens is 1. The molecule has 2 aliphatic heterocycles. The lowest BCUT2D eigenvalue weighted by molar-refractivity contribution is -0.143. The molecule has 2 heterocycles. The fourth-order valence-electron chi connectivity index (χ4n) is 3.96. The number of nitrogens with zero attached hydrogens (tertiary/aromatic N) is 1. The molecule has 0 spiro atoms. The van der Waals surface area contributed by atoms with E-state index >= 15 is 0 Å². The number of carbonyl (C=O) groups excluding carboxylic acids is 3. The summed E-state index contributed by atoms with van der Waals surface area (Å²) in [5.41, 5.74) is 0. The zero-order chi connectivity index (χ0) is 15.5. The molecule has 3 aliphatic rings. The Labute approximate surface area is 143 Å². The van der Waals surface area contributed by atoms with Gasteiger partial charge < -0.3 is 10.6 Å². The third-order valence-electron chi connectivity index (χ3n) is 5.27. The summed E-state index contributed by atoms with van der Waals surface area (Å²) >= 11 is 0. The van der Waals surface area contributed by atoms with Crippen molar-refractivity contribution in [3.63, 3.8) is 0 Å². The van der Waals surface area contributed by atoms with Gasteiger partial charge in [-0.2, -0.15) is 0 Å². The summed E-state index contributed by atoms with van der Waals surface area (Å²) in [7, 11) is 0. The van der Waals surface area contributed by atoms with E-state index in [0.717, 1.165) is 51.6 Å². The molecule has 23 heavy (non-hydrogen) atoms. The Morgan fingerprint density at radius 3 is 2.35 bits per heavy atom. The molecule has 3 fully saturated rings. The van der Waals surface area contributed by atoms with Gasteiger partial charge in [0.15, 0.2) is 0 Å². The van der Waals surface area contributed by atoms with E-state index in [1.807, 2.05) is 0 Å². The second kappa shape index (κ2) is 8.11. The molecule has 0 bridgehead atoms. The van der Waals surface area contributed by atoms with E-state index < -0.39 is 0 Å². The Balaban J connectivity index is 0.00000192. The molecule has 3 unspecified atom stereocenters. The molecule has 6 nitrogen and oxygen atoms in total. The molecule has 0 radical (unpaired) electrons. The maximum absolute atomic E-state index is 12.3. The quantitative estimate of drug-likeness (QED) is 0.720. The number of fused-ring (bicyclic) bond motifs is 1. The summed E-state index contributed by atoms with van der Waals surface area (Å²) in [4.78, 5) is 37.8. The Kier molecular flexibility index (Phi) is 6.41. The predicted molar refractivity (Wildman–Crippen MR) is 88.0 cm³/mol. The second-order valence-electron chi connectivity index (χ2n) is 6.76. The van der Waals surface area contributed by atoms with E-state index in [0.29, 0.717) is 12.5 Å². The van der Waals surface area contributed by atoms with Crippen LogP contribution in [0.2, 0.25) is 0 Å². The van der Waals surface area contributed by atoms with Crippen LogP contribution >= 0.6 is 12.4 Å². The van der Waals surface area contributed by atoms with Crippen LogP contribution in [-0.2, 0) is 14.4 Å². The zero-order valence-corrected chi connectivity index (χ0v) is 14.2. The van der Waals surface area contributed by atoms with Crippen molar-refractivity contribution >= 4 is 30.1 Å². The van der Waals surface area contributed by atoms with Gasteiger partial charge in [0, 0.05) is 6.54 Å². The Hall–Kier alpha value is -1.14. The van der Waals surface area contributed by atoms with E-state index in [1.54, 1.807) is 0 Å². The first-order chi connectivity index (χ1) is 10.7. The van der Waals surface area contributed by atoms with Gasteiger partial charge in [0.25, 0.3) is 0 Å². The zero-order valence-electron chi connectivity index (χ0n) is 13.4. The first-order valence-electron chi connectivity index (χ1n) is 8.49. The summed E-state index contributed by atoms with van der Waals surface area (Å²) in [6.07, 6.45) is 5.71. The van der Waals surface area contributed by atoms with Gasteiger partial charge >= 0.3 is 0 Å². The van der Waals surface area contributed by atoms with E-state index in [-0.39, 0.29) is 48.5 Å². The lowest BCUT2D eigenvalue weighted by atomic mass is 9.81. The van der Waals surface area contributed by atoms with Crippen LogP contribution in [0.4, 0.5) is 0 Å². The summed E-state index contributed by atoms with van der Waals surface area (Å²) < 4.78 is 0. The average Bonchev–Trinajstić information content (AvgIpc) is 3.11. The van der Waals surface area contributed by atoms with E-state index in [1.165, 1.54) is 4.90 Å². The first-order valence-corrected chi connectivity index (χ1v) is 8.49. The van der Waals surface area contributed by atoms with Gasteiger partial charge in [0.1, 0.15) is 6.54 Å². The van der Waals surface area contributed by atoms with Crippen LogP contribution in [0.3, 0.4) is 0 Å². The van der Waals surface area contributed by atoms with Gasteiger partial charge in [-0.15, -0.1) is 12.4 Å². The number of hydrogen-bond donors (Lipinski definition) is 2. The molecule has 3 atom stereocenters. The van der Waals surface area contributed by atoms with E-state index in [4.69, 9.17) is 0 Å². The summed E-state index contributed by atoms with van der Waals surface area (Å²) in [5, 5.41) is 6.15. The van der Waals surface area contributed by atoms with Crippen LogP contribution in [0.5, 0.6) is 0 Å². The molecule has 0 aromatic carbocycles. The normalized spacial score (nSPS) is 30.1. The summed E-state index contributed by atoms with van der Waals surface area (Å²) in [6, 6.07) is 0. The van der Waals surface area contributed by atoms with Crippen molar-refractivity contribution in [2.45, 2.75) is 38.5 Å². The number of amides is 3. The van der Waals surface area contributed by atoms with Gasteiger partial charge in [0.05, 0.1) is 11.8 Å². The molecular weight excluding hydrogens is 318 g/mol. The van der Waals surface area contributed by atoms with Crippen molar-refractivity contribution < 1.29 is 14.4 Å². The summed E-state index contributed by atoms with van der Waals surface area (Å²) in [5.74, 6) is -0.198. The fourth-order valence-corrected chi connectivity index (χ4v) is 3.96. The number of hydrogen-bond acceptors (Lipinski definition) is 4. The van der Waals surface area contributed by atoms with Crippen LogP contribution in [-0.4, -0.2) is 48.8 Å². The molecular formula is C16H26ClN3O3. The van der Waals surface area contributed by atoms with Gasteiger partial charge in [-0.05, 0) is 44.7 Å². The average molecular weight is 344 g/mol. The Morgan fingerprint density at radius 1 is 1.13 bits per heavy atom. The standard InChI is InChI=1S/C16H25N3O3.ClH/c20-14(18-8-6-11-5-7-17-9-11)10-19-15(21)12-3-1-2-4-13(12)16(19)22;/h11-13,17H,1-10H2,(H,18,20);1H. The highest BCUT2D eigenvalue weighted by Crippen LogP contribution is 2.37. The van der Waals surface area contributed by atoms with Crippen LogP contribution in [0.15, 0.2) is 0 Å². The molecule has 7 heteroatoms. The predicted octanol–water partition coefficient (Wildman–Crippen LogP) is 0.699. The molecule has 0 aromatic rings. The number of imide groups is 1. The number of nitrogens with one attached hydrogen (secondary N) is 2. The fraction of sp³-hybridized carbons (Fsp3) is 0.812. The monoisotopic (exact) mass is 343 g/mol. The first kappa shape index (κ1) is 18.2. The van der Waals surface area contributed by atoms with E-state index in [2.05, 4.69) is 10.6 Å².